The van der Waals surface area contributed by atoms with Crippen LogP contribution in [0.5, 0.6) is 0 Å². The standard InChI is InChI=1S/C13H15ClFN3O/c1-8(2)16-13(19)7-18-11-5-9(15)3-4-10(11)17-12(18)6-14/h3-5,8H,6-7H2,1-2H3,(H,16,19). The van der Waals surface area contributed by atoms with Crippen molar-refractivity contribution in [3.63, 3.8) is 0 Å². The highest BCUT2D eigenvalue weighted by molar-refractivity contribution is 6.16. The van der Waals surface area contributed by atoms with Crippen LogP contribution < -0.4 is 5.32 Å². The second-order valence-electron chi connectivity index (χ2n) is 4.60. The van der Waals surface area contributed by atoms with Crippen LogP contribution >= 0.6 is 11.6 Å². The van der Waals surface area contributed by atoms with Gasteiger partial charge in [-0.1, -0.05) is 0 Å². The number of hydrogen-bond acceptors (Lipinski definition) is 2. The molecule has 0 bridgehead atoms. The van der Waals surface area contributed by atoms with Gasteiger partial charge in [-0.05, 0) is 32.0 Å². The fourth-order valence-electron chi connectivity index (χ4n) is 1.94. The number of imidazole rings is 1. The molecule has 2 aromatic rings. The first kappa shape index (κ1) is 13.8. The number of carbonyl (C=O) groups is 1. The molecule has 0 atom stereocenters. The van der Waals surface area contributed by atoms with Crippen LogP contribution in [0.3, 0.4) is 0 Å². The molecule has 0 unspecified atom stereocenters. The third kappa shape index (κ3) is 3.04. The number of aromatic nitrogens is 2. The molecule has 1 heterocycles. The number of amides is 1. The number of alkyl halides is 1. The Morgan fingerprint density at radius 2 is 2.26 bits per heavy atom. The Bertz CT molecular complexity index is 609. The molecule has 0 aliphatic heterocycles. The van der Waals surface area contributed by atoms with E-state index in [1.165, 1.54) is 12.1 Å². The fraction of sp³-hybridized carbons (Fsp3) is 0.385. The molecule has 0 saturated carbocycles. The van der Waals surface area contributed by atoms with E-state index < -0.39 is 0 Å². The van der Waals surface area contributed by atoms with Crippen LogP contribution in [0, 0.1) is 5.82 Å². The van der Waals surface area contributed by atoms with E-state index in [9.17, 15) is 9.18 Å². The van der Waals surface area contributed by atoms with Crippen molar-refractivity contribution in [3.05, 3.63) is 29.8 Å². The van der Waals surface area contributed by atoms with Crippen molar-refractivity contribution < 1.29 is 9.18 Å². The van der Waals surface area contributed by atoms with E-state index in [-0.39, 0.29) is 30.2 Å². The van der Waals surface area contributed by atoms with Gasteiger partial charge in [0.25, 0.3) is 0 Å². The van der Waals surface area contributed by atoms with Crippen molar-refractivity contribution >= 4 is 28.5 Å². The van der Waals surface area contributed by atoms with Crippen molar-refractivity contribution in [2.45, 2.75) is 32.3 Å². The summed E-state index contributed by atoms with van der Waals surface area (Å²) in [6.45, 7) is 3.85. The molecule has 1 N–H and O–H groups in total. The second kappa shape index (κ2) is 5.57. The van der Waals surface area contributed by atoms with Gasteiger partial charge in [-0.2, -0.15) is 0 Å². The van der Waals surface area contributed by atoms with E-state index >= 15 is 0 Å². The van der Waals surface area contributed by atoms with Crippen molar-refractivity contribution in [2.24, 2.45) is 0 Å². The number of halogens is 2. The zero-order valence-electron chi connectivity index (χ0n) is 10.8. The molecular weight excluding hydrogens is 269 g/mol. The summed E-state index contributed by atoms with van der Waals surface area (Å²) in [6, 6.07) is 4.34. The molecule has 1 amide bonds. The summed E-state index contributed by atoms with van der Waals surface area (Å²) in [5, 5.41) is 2.79. The largest absolute Gasteiger partial charge is 0.352 e. The third-order valence-electron chi connectivity index (χ3n) is 2.66. The second-order valence-corrected chi connectivity index (χ2v) is 4.87. The lowest BCUT2D eigenvalue weighted by molar-refractivity contribution is -0.122. The lowest BCUT2D eigenvalue weighted by atomic mass is 10.3. The molecular formula is C13H15ClFN3O. The van der Waals surface area contributed by atoms with Gasteiger partial charge in [0, 0.05) is 6.04 Å². The highest BCUT2D eigenvalue weighted by Gasteiger charge is 2.14. The number of fused-ring (bicyclic) bond motifs is 1. The van der Waals surface area contributed by atoms with Crippen LogP contribution in [0.4, 0.5) is 4.39 Å². The summed E-state index contributed by atoms with van der Waals surface area (Å²) < 4.78 is 14.9. The molecule has 0 aliphatic rings. The van der Waals surface area contributed by atoms with Gasteiger partial charge in [-0.25, -0.2) is 9.37 Å². The average molecular weight is 284 g/mol. The van der Waals surface area contributed by atoms with Crippen molar-refractivity contribution in [1.82, 2.24) is 14.9 Å². The number of hydrogen-bond donors (Lipinski definition) is 1. The number of nitrogens with one attached hydrogen (secondary N) is 1. The predicted molar refractivity (Wildman–Crippen MR) is 72.5 cm³/mol. The Morgan fingerprint density at radius 3 is 2.89 bits per heavy atom. The van der Waals surface area contributed by atoms with E-state index in [4.69, 9.17) is 11.6 Å². The van der Waals surface area contributed by atoms with Crippen LogP contribution in [0.2, 0.25) is 0 Å². The number of benzene rings is 1. The monoisotopic (exact) mass is 283 g/mol. The zero-order valence-corrected chi connectivity index (χ0v) is 11.5. The number of nitrogens with zero attached hydrogens (tertiary/aromatic N) is 2. The van der Waals surface area contributed by atoms with Crippen LogP contribution in [0.1, 0.15) is 19.7 Å². The van der Waals surface area contributed by atoms with Crippen LogP contribution in [-0.2, 0) is 17.2 Å². The van der Waals surface area contributed by atoms with Gasteiger partial charge in [0.1, 0.15) is 18.2 Å². The minimum atomic E-state index is -0.362. The van der Waals surface area contributed by atoms with Gasteiger partial charge in [-0.3, -0.25) is 4.79 Å². The van der Waals surface area contributed by atoms with E-state index in [2.05, 4.69) is 10.3 Å². The third-order valence-corrected chi connectivity index (χ3v) is 2.90. The van der Waals surface area contributed by atoms with Gasteiger partial charge >= 0.3 is 0 Å². The Hall–Kier alpha value is -1.62. The van der Waals surface area contributed by atoms with E-state index in [1.54, 1.807) is 10.6 Å². The highest BCUT2D eigenvalue weighted by atomic mass is 35.5. The highest BCUT2D eigenvalue weighted by Crippen LogP contribution is 2.18. The van der Waals surface area contributed by atoms with Crippen molar-refractivity contribution in [3.8, 4) is 0 Å². The molecule has 4 nitrogen and oxygen atoms in total. The molecule has 102 valence electrons. The van der Waals surface area contributed by atoms with Gasteiger partial charge in [0.05, 0.1) is 16.9 Å². The first-order valence-electron chi connectivity index (χ1n) is 6.01. The smallest absolute Gasteiger partial charge is 0.240 e. The Labute approximate surface area is 115 Å². The molecule has 1 aromatic carbocycles. The maximum Gasteiger partial charge on any atom is 0.240 e. The predicted octanol–water partition coefficient (Wildman–Crippen LogP) is 2.44. The molecule has 0 radical (unpaired) electrons. The molecule has 19 heavy (non-hydrogen) atoms. The van der Waals surface area contributed by atoms with Gasteiger partial charge in [0.2, 0.25) is 5.91 Å². The first-order valence-corrected chi connectivity index (χ1v) is 6.54. The molecule has 0 spiro atoms. The summed E-state index contributed by atoms with van der Waals surface area (Å²) in [4.78, 5) is 16.1. The Balaban J connectivity index is 2.39. The van der Waals surface area contributed by atoms with Gasteiger partial charge in [0.15, 0.2) is 0 Å². The summed E-state index contributed by atoms with van der Waals surface area (Å²) in [6.07, 6.45) is 0. The average Bonchev–Trinajstić information content (AvgIpc) is 2.66. The first-order chi connectivity index (χ1) is 9.01. The quantitative estimate of drug-likeness (QED) is 0.876. The van der Waals surface area contributed by atoms with Gasteiger partial charge in [-0.15, -0.1) is 11.6 Å². The topological polar surface area (TPSA) is 46.9 Å². The van der Waals surface area contributed by atoms with Crippen molar-refractivity contribution in [1.29, 1.82) is 0 Å². The summed E-state index contributed by atoms with van der Waals surface area (Å²) >= 11 is 5.82. The summed E-state index contributed by atoms with van der Waals surface area (Å²) in [5.41, 5.74) is 1.21. The van der Waals surface area contributed by atoms with E-state index in [0.29, 0.717) is 16.9 Å². The molecule has 0 saturated heterocycles. The summed E-state index contributed by atoms with van der Waals surface area (Å²) in [5.74, 6) is 0.218. The molecule has 1 aromatic heterocycles. The number of rotatable bonds is 4. The summed E-state index contributed by atoms with van der Waals surface area (Å²) in [7, 11) is 0. The lowest BCUT2D eigenvalue weighted by Crippen LogP contribution is -2.33. The molecule has 0 fully saturated rings. The normalized spacial score (nSPS) is 11.2. The van der Waals surface area contributed by atoms with Crippen LogP contribution in [-0.4, -0.2) is 21.5 Å². The maximum absolute atomic E-state index is 13.3. The maximum atomic E-state index is 13.3. The van der Waals surface area contributed by atoms with Crippen molar-refractivity contribution in [2.75, 3.05) is 0 Å². The molecule has 6 heteroatoms. The molecule has 0 aliphatic carbocycles. The van der Waals surface area contributed by atoms with Crippen LogP contribution in [0.25, 0.3) is 11.0 Å². The minimum Gasteiger partial charge on any atom is -0.352 e. The van der Waals surface area contributed by atoms with E-state index in [0.717, 1.165) is 0 Å². The SMILES string of the molecule is CC(C)NC(=O)Cn1c(CCl)nc2ccc(F)cc21. The minimum absolute atomic E-state index is 0.0541. The fourth-order valence-corrected chi connectivity index (χ4v) is 2.14. The number of carbonyl (C=O) groups excluding carboxylic acids is 1. The lowest BCUT2D eigenvalue weighted by Gasteiger charge is -2.11. The van der Waals surface area contributed by atoms with E-state index in [1.807, 2.05) is 13.8 Å². The Morgan fingerprint density at radius 1 is 1.53 bits per heavy atom. The Kier molecular flexibility index (Phi) is 4.04. The van der Waals surface area contributed by atoms with Gasteiger partial charge < -0.3 is 9.88 Å². The van der Waals surface area contributed by atoms with Crippen LogP contribution in [0.15, 0.2) is 18.2 Å². The zero-order chi connectivity index (χ0) is 14.0. The molecule has 2 rings (SSSR count).